The Hall–Kier alpha value is -0.650. The van der Waals surface area contributed by atoms with Gasteiger partial charge in [-0.3, -0.25) is 4.79 Å². The number of aliphatic hydroxyl groups is 2. The van der Waals surface area contributed by atoms with E-state index in [1.54, 1.807) is 0 Å². The second-order valence-corrected chi connectivity index (χ2v) is 2.90. The van der Waals surface area contributed by atoms with Crippen LogP contribution in [0.5, 0.6) is 0 Å². The van der Waals surface area contributed by atoms with E-state index >= 15 is 0 Å². The van der Waals surface area contributed by atoms with Crippen LogP contribution < -0.4 is 5.73 Å². The molecule has 0 aliphatic rings. The standard InChI is InChI=1S/C7H15NO4/c1-4(9)7(3-8,5(2)10)6(11)12/h4-5,9-10H,3,8H2,1-2H3,(H,11,12). The number of nitrogens with two attached hydrogens (primary N) is 1. The lowest BCUT2D eigenvalue weighted by Gasteiger charge is -2.33. The van der Waals surface area contributed by atoms with E-state index in [0.29, 0.717) is 0 Å². The molecule has 0 aliphatic carbocycles. The Morgan fingerprint density at radius 1 is 1.42 bits per heavy atom. The number of carboxylic acid groups (broad SMARTS) is 1. The van der Waals surface area contributed by atoms with Gasteiger partial charge in [0.1, 0.15) is 5.41 Å². The third-order valence-corrected chi connectivity index (χ3v) is 2.23. The maximum atomic E-state index is 10.7. The van der Waals surface area contributed by atoms with E-state index in [0.717, 1.165) is 0 Å². The number of hydrogen-bond donors (Lipinski definition) is 4. The number of hydrogen-bond acceptors (Lipinski definition) is 4. The van der Waals surface area contributed by atoms with Gasteiger partial charge in [0.15, 0.2) is 0 Å². The van der Waals surface area contributed by atoms with Crippen molar-refractivity contribution in [1.82, 2.24) is 0 Å². The maximum Gasteiger partial charge on any atom is 0.316 e. The van der Waals surface area contributed by atoms with Gasteiger partial charge >= 0.3 is 5.97 Å². The highest BCUT2D eigenvalue weighted by atomic mass is 16.4. The van der Waals surface area contributed by atoms with Gasteiger partial charge in [0.2, 0.25) is 0 Å². The molecule has 5 heteroatoms. The summed E-state index contributed by atoms with van der Waals surface area (Å²) in [7, 11) is 0. The van der Waals surface area contributed by atoms with Crippen LogP contribution in [-0.2, 0) is 4.79 Å². The van der Waals surface area contributed by atoms with Gasteiger partial charge < -0.3 is 21.1 Å². The summed E-state index contributed by atoms with van der Waals surface area (Å²) in [6.07, 6.45) is -2.36. The Morgan fingerprint density at radius 2 is 1.75 bits per heavy atom. The molecule has 5 N–H and O–H groups in total. The molecule has 0 bridgehead atoms. The zero-order valence-electron chi connectivity index (χ0n) is 7.19. The number of carbonyl (C=O) groups is 1. The average Bonchev–Trinajstić information content (AvgIpc) is 1.86. The topological polar surface area (TPSA) is 104 Å². The van der Waals surface area contributed by atoms with Gasteiger partial charge in [0.05, 0.1) is 12.2 Å². The Bertz CT molecular complexity index is 159. The Morgan fingerprint density at radius 3 is 1.75 bits per heavy atom. The van der Waals surface area contributed by atoms with Gasteiger partial charge in [-0.1, -0.05) is 0 Å². The smallest absolute Gasteiger partial charge is 0.316 e. The molecule has 0 rings (SSSR count). The van der Waals surface area contributed by atoms with Crippen LogP contribution in [-0.4, -0.2) is 40.0 Å². The molecule has 2 atom stereocenters. The van der Waals surface area contributed by atoms with Crippen molar-refractivity contribution >= 4 is 5.97 Å². The zero-order valence-corrected chi connectivity index (χ0v) is 7.19. The molecule has 12 heavy (non-hydrogen) atoms. The molecule has 0 heterocycles. The number of aliphatic carboxylic acids is 1. The van der Waals surface area contributed by atoms with E-state index in [4.69, 9.17) is 10.8 Å². The monoisotopic (exact) mass is 177 g/mol. The summed E-state index contributed by atoms with van der Waals surface area (Å²) in [6, 6.07) is 0. The predicted octanol–water partition coefficient (Wildman–Crippen LogP) is -1.22. The molecule has 0 radical (unpaired) electrons. The SMILES string of the molecule is CC(O)C(CN)(C(=O)O)C(C)O. The second-order valence-electron chi connectivity index (χ2n) is 2.90. The van der Waals surface area contributed by atoms with Crippen molar-refractivity contribution in [3.63, 3.8) is 0 Å². The van der Waals surface area contributed by atoms with Crippen LogP contribution >= 0.6 is 0 Å². The van der Waals surface area contributed by atoms with Crippen molar-refractivity contribution in [3.05, 3.63) is 0 Å². The predicted molar refractivity (Wildman–Crippen MR) is 42.5 cm³/mol. The normalized spacial score (nSPS) is 21.1. The largest absolute Gasteiger partial charge is 0.481 e. The highest BCUT2D eigenvalue weighted by Gasteiger charge is 2.46. The second kappa shape index (κ2) is 3.84. The van der Waals surface area contributed by atoms with E-state index in [2.05, 4.69) is 0 Å². The quantitative estimate of drug-likeness (QED) is 0.431. The van der Waals surface area contributed by atoms with Gasteiger partial charge in [-0.25, -0.2) is 0 Å². The fourth-order valence-electron chi connectivity index (χ4n) is 1.13. The molecule has 0 spiro atoms. The summed E-state index contributed by atoms with van der Waals surface area (Å²) >= 11 is 0. The van der Waals surface area contributed by atoms with E-state index in [9.17, 15) is 15.0 Å². The molecule has 0 aliphatic heterocycles. The lowest BCUT2D eigenvalue weighted by Crippen LogP contribution is -2.54. The van der Waals surface area contributed by atoms with E-state index in [-0.39, 0.29) is 6.54 Å². The van der Waals surface area contributed by atoms with E-state index in [1.807, 2.05) is 0 Å². The van der Waals surface area contributed by atoms with Gasteiger partial charge in [0, 0.05) is 6.54 Å². The van der Waals surface area contributed by atoms with Crippen LogP contribution in [0.3, 0.4) is 0 Å². The van der Waals surface area contributed by atoms with Crippen LogP contribution in [0.15, 0.2) is 0 Å². The van der Waals surface area contributed by atoms with Crippen LogP contribution in [0.1, 0.15) is 13.8 Å². The minimum Gasteiger partial charge on any atom is -0.481 e. The highest BCUT2D eigenvalue weighted by molar-refractivity contribution is 5.76. The molecule has 0 amide bonds. The van der Waals surface area contributed by atoms with Crippen molar-refractivity contribution in [3.8, 4) is 0 Å². The van der Waals surface area contributed by atoms with Gasteiger partial charge in [-0.2, -0.15) is 0 Å². The van der Waals surface area contributed by atoms with Crippen molar-refractivity contribution in [2.45, 2.75) is 26.1 Å². The van der Waals surface area contributed by atoms with Crippen molar-refractivity contribution in [1.29, 1.82) is 0 Å². The highest BCUT2D eigenvalue weighted by Crippen LogP contribution is 2.25. The van der Waals surface area contributed by atoms with E-state index < -0.39 is 23.6 Å². The van der Waals surface area contributed by atoms with Gasteiger partial charge in [0.25, 0.3) is 0 Å². The van der Waals surface area contributed by atoms with Crippen LogP contribution in [0.4, 0.5) is 0 Å². The van der Waals surface area contributed by atoms with Crippen LogP contribution in [0.2, 0.25) is 0 Å². The van der Waals surface area contributed by atoms with Crippen molar-refractivity contribution < 1.29 is 20.1 Å². The molecule has 0 aromatic heterocycles. The summed E-state index contributed by atoms with van der Waals surface area (Å²) in [6.45, 7) is 2.30. The van der Waals surface area contributed by atoms with Crippen LogP contribution in [0, 0.1) is 5.41 Å². The molecule has 5 nitrogen and oxygen atoms in total. The van der Waals surface area contributed by atoms with Crippen molar-refractivity contribution in [2.75, 3.05) is 6.54 Å². The first-order valence-electron chi connectivity index (χ1n) is 3.69. The first-order valence-corrected chi connectivity index (χ1v) is 3.69. The van der Waals surface area contributed by atoms with Crippen LogP contribution in [0.25, 0.3) is 0 Å². The summed E-state index contributed by atoms with van der Waals surface area (Å²) in [4.78, 5) is 10.7. The summed E-state index contributed by atoms with van der Waals surface area (Å²) in [5.41, 5.74) is 3.56. The Kier molecular flexibility index (Phi) is 3.63. The zero-order chi connectivity index (χ0) is 9.94. The molecule has 0 saturated heterocycles. The Balaban J connectivity index is 4.90. The number of carboxylic acids is 1. The molecule has 0 fully saturated rings. The number of rotatable bonds is 4. The van der Waals surface area contributed by atoms with Gasteiger partial charge in [-0.15, -0.1) is 0 Å². The fourth-order valence-corrected chi connectivity index (χ4v) is 1.13. The molecule has 2 unspecified atom stereocenters. The summed E-state index contributed by atoms with van der Waals surface area (Å²) < 4.78 is 0. The molecule has 0 aromatic rings. The minimum absolute atomic E-state index is 0.294. The lowest BCUT2D eigenvalue weighted by atomic mass is 9.78. The third kappa shape index (κ3) is 1.57. The summed E-state index contributed by atoms with van der Waals surface area (Å²) in [5.74, 6) is -1.28. The first kappa shape index (κ1) is 11.4. The summed E-state index contributed by atoms with van der Waals surface area (Å²) in [5, 5.41) is 27.1. The van der Waals surface area contributed by atoms with Gasteiger partial charge in [-0.05, 0) is 13.8 Å². The molecule has 0 aromatic carbocycles. The third-order valence-electron chi connectivity index (χ3n) is 2.23. The minimum atomic E-state index is -1.65. The molecular formula is C7H15NO4. The van der Waals surface area contributed by atoms with E-state index in [1.165, 1.54) is 13.8 Å². The maximum absolute atomic E-state index is 10.7. The average molecular weight is 177 g/mol. The molecule has 72 valence electrons. The van der Waals surface area contributed by atoms with Crippen molar-refractivity contribution in [2.24, 2.45) is 11.1 Å². The Labute approximate surface area is 70.8 Å². The molecular weight excluding hydrogens is 162 g/mol. The first-order chi connectivity index (χ1) is 5.39. The molecule has 0 saturated carbocycles. The number of aliphatic hydroxyl groups excluding tert-OH is 2. The lowest BCUT2D eigenvalue weighted by molar-refractivity contribution is -0.164. The fraction of sp³-hybridized carbons (Fsp3) is 0.857.